The normalized spacial score (nSPS) is 21.8. The summed E-state index contributed by atoms with van der Waals surface area (Å²) in [6, 6.07) is 0. The second-order valence-corrected chi connectivity index (χ2v) is 6.82. The highest BCUT2D eigenvalue weighted by atomic mass is 32.2. The number of aliphatic imine (C=N–C) groups is 1. The molecule has 20 heavy (non-hydrogen) atoms. The molecule has 5 nitrogen and oxygen atoms in total. The van der Waals surface area contributed by atoms with E-state index in [1.165, 1.54) is 37.9 Å². The second-order valence-electron chi connectivity index (χ2n) is 5.86. The van der Waals surface area contributed by atoms with Crippen LogP contribution in [0.2, 0.25) is 0 Å². The maximum atomic E-state index is 4.77. The molecule has 0 unspecified atom stereocenters. The minimum atomic E-state index is 0.498. The van der Waals surface area contributed by atoms with Crippen molar-refractivity contribution in [1.82, 2.24) is 20.1 Å². The Morgan fingerprint density at radius 2 is 2.20 bits per heavy atom. The standard InChI is InChI=1S/C14H23N5S/c1-2-19-11-17-18-12(19)8-15-13-16-9-14(10-20-13)6-4-3-5-7-14/h11H,2-10H2,1H3,(H,15,16). The minimum absolute atomic E-state index is 0.498. The lowest BCUT2D eigenvalue weighted by Crippen LogP contribution is -2.37. The van der Waals surface area contributed by atoms with E-state index in [1.807, 2.05) is 11.8 Å². The number of rotatable bonds is 3. The molecule has 110 valence electrons. The highest BCUT2D eigenvalue weighted by molar-refractivity contribution is 8.13. The number of nitrogens with zero attached hydrogens (tertiary/aromatic N) is 4. The van der Waals surface area contributed by atoms with Crippen LogP contribution in [0.25, 0.3) is 0 Å². The average molecular weight is 293 g/mol. The molecule has 1 aromatic rings. The van der Waals surface area contributed by atoms with E-state index < -0.39 is 0 Å². The third-order valence-corrected chi connectivity index (χ3v) is 5.73. The third-order valence-electron chi connectivity index (χ3n) is 4.42. The molecule has 1 aliphatic heterocycles. The number of hydrogen-bond donors (Lipinski definition) is 1. The molecule has 0 saturated heterocycles. The molecule has 1 aliphatic carbocycles. The van der Waals surface area contributed by atoms with Crippen LogP contribution in [0, 0.1) is 5.41 Å². The topological polar surface area (TPSA) is 55.1 Å². The molecule has 0 amide bonds. The van der Waals surface area contributed by atoms with Crippen molar-refractivity contribution in [2.24, 2.45) is 10.4 Å². The van der Waals surface area contributed by atoms with E-state index >= 15 is 0 Å². The molecule has 2 heterocycles. The van der Waals surface area contributed by atoms with E-state index in [2.05, 4.69) is 27.0 Å². The SMILES string of the molecule is CCn1cnnc1CNC1=NCC2(CCCCC2)CS1. The van der Waals surface area contributed by atoms with Crippen molar-refractivity contribution in [3.05, 3.63) is 12.2 Å². The summed E-state index contributed by atoms with van der Waals surface area (Å²) < 4.78 is 2.06. The molecule has 1 spiro atoms. The second kappa shape index (κ2) is 6.16. The van der Waals surface area contributed by atoms with Crippen LogP contribution < -0.4 is 5.32 Å². The first kappa shape index (κ1) is 13.9. The van der Waals surface area contributed by atoms with Gasteiger partial charge in [-0.3, -0.25) is 4.99 Å². The van der Waals surface area contributed by atoms with Gasteiger partial charge in [0.15, 0.2) is 11.0 Å². The van der Waals surface area contributed by atoms with Gasteiger partial charge in [0.25, 0.3) is 0 Å². The summed E-state index contributed by atoms with van der Waals surface area (Å²) in [5, 5.41) is 12.6. The molecule has 0 atom stereocenters. The summed E-state index contributed by atoms with van der Waals surface area (Å²) in [6.07, 6.45) is 8.69. The first-order valence-corrected chi connectivity index (χ1v) is 8.58. The van der Waals surface area contributed by atoms with Gasteiger partial charge in [0.2, 0.25) is 0 Å². The Balaban J connectivity index is 1.54. The van der Waals surface area contributed by atoms with E-state index in [0.717, 1.165) is 24.1 Å². The van der Waals surface area contributed by atoms with Crippen molar-refractivity contribution in [1.29, 1.82) is 0 Å². The van der Waals surface area contributed by atoms with Crippen LogP contribution in [0.15, 0.2) is 11.3 Å². The summed E-state index contributed by atoms with van der Waals surface area (Å²) in [6.45, 7) is 4.73. The van der Waals surface area contributed by atoms with Crippen molar-refractivity contribution in [3.63, 3.8) is 0 Å². The summed E-state index contributed by atoms with van der Waals surface area (Å²) >= 11 is 1.89. The number of aryl methyl sites for hydroxylation is 1. The number of aromatic nitrogens is 3. The molecule has 6 heteroatoms. The summed E-state index contributed by atoms with van der Waals surface area (Å²) in [7, 11) is 0. The van der Waals surface area contributed by atoms with Crippen molar-refractivity contribution in [2.45, 2.75) is 52.1 Å². The molecule has 1 fully saturated rings. The van der Waals surface area contributed by atoms with Crippen molar-refractivity contribution in [2.75, 3.05) is 12.3 Å². The van der Waals surface area contributed by atoms with Crippen LogP contribution in [0.4, 0.5) is 0 Å². The van der Waals surface area contributed by atoms with Crippen LogP contribution >= 0.6 is 11.8 Å². The molecule has 0 aromatic carbocycles. The van der Waals surface area contributed by atoms with Gasteiger partial charge in [0.05, 0.1) is 6.54 Å². The lowest BCUT2D eigenvalue weighted by molar-refractivity contribution is 0.232. The zero-order valence-corrected chi connectivity index (χ0v) is 13.0. The van der Waals surface area contributed by atoms with Crippen LogP contribution in [0.3, 0.4) is 0 Å². The fourth-order valence-corrected chi connectivity index (χ4v) is 4.25. The van der Waals surface area contributed by atoms with E-state index in [4.69, 9.17) is 4.99 Å². The first-order chi connectivity index (χ1) is 9.81. The highest BCUT2D eigenvalue weighted by Crippen LogP contribution is 2.41. The molecular formula is C14H23N5S. The molecule has 2 aliphatic rings. The average Bonchev–Trinajstić information content (AvgIpc) is 2.95. The summed E-state index contributed by atoms with van der Waals surface area (Å²) in [5.41, 5.74) is 0.498. The van der Waals surface area contributed by atoms with Gasteiger partial charge in [-0.05, 0) is 25.2 Å². The van der Waals surface area contributed by atoms with Crippen LogP contribution in [-0.2, 0) is 13.1 Å². The van der Waals surface area contributed by atoms with E-state index in [0.29, 0.717) is 12.0 Å². The van der Waals surface area contributed by atoms with Crippen LogP contribution in [-0.4, -0.2) is 32.2 Å². The number of amidine groups is 1. The number of hydrogen-bond acceptors (Lipinski definition) is 5. The van der Waals surface area contributed by atoms with Gasteiger partial charge in [-0.2, -0.15) is 0 Å². The smallest absolute Gasteiger partial charge is 0.156 e. The number of nitrogens with one attached hydrogen (secondary N) is 1. The maximum absolute atomic E-state index is 4.77. The molecule has 0 bridgehead atoms. The fourth-order valence-electron chi connectivity index (χ4n) is 3.10. The largest absolute Gasteiger partial charge is 0.358 e. The van der Waals surface area contributed by atoms with Gasteiger partial charge in [0, 0.05) is 18.8 Å². The highest BCUT2D eigenvalue weighted by Gasteiger charge is 2.34. The molecule has 1 N–H and O–H groups in total. The van der Waals surface area contributed by atoms with Crippen molar-refractivity contribution >= 4 is 16.9 Å². The zero-order chi connectivity index (χ0) is 13.8. The van der Waals surface area contributed by atoms with Gasteiger partial charge in [0.1, 0.15) is 6.33 Å². The Hall–Kier alpha value is -1.04. The Kier molecular flexibility index (Phi) is 4.29. The molecular weight excluding hydrogens is 270 g/mol. The lowest BCUT2D eigenvalue weighted by Gasteiger charge is -2.38. The first-order valence-electron chi connectivity index (χ1n) is 7.59. The predicted octanol–water partition coefficient (Wildman–Crippen LogP) is 2.44. The molecule has 1 saturated carbocycles. The fraction of sp³-hybridized carbons (Fsp3) is 0.786. The Morgan fingerprint density at radius 1 is 1.35 bits per heavy atom. The third kappa shape index (κ3) is 3.00. The predicted molar refractivity (Wildman–Crippen MR) is 82.8 cm³/mol. The van der Waals surface area contributed by atoms with Crippen LogP contribution in [0.1, 0.15) is 44.9 Å². The molecule has 0 radical (unpaired) electrons. The van der Waals surface area contributed by atoms with Crippen molar-refractivity contribution in [3.8, 4) is 0 Å². The van der Waals surface area contributed by atoms with Gasteiger partial charge in [-0.15, -0.1) is 10.2 Å². The summed E-state index contributed by atoms with van der Waals surface area (Å²) in [4.78, 5) is 4.77. The van der Waals surface area contributed by atoms with Gasteiger partial charge >= 0.3 is 0 Å². The lowest BCUT2D eigenvalue weighted by atomic mass is 9.75. The van der Waals surface area contributed by atoms with Gasteiger partial charge < -0.3 is 9.88 Å². The van der Waals surface area contributed by atoms with E-state index in [1.54, 1.807) is 6.33 Å². The van der Waals surface area contributed by atoms with E-state index in [-0.39, 0.29) is 0 Å². The quantitative estimate of drug-likeness (QED) is 0.930. The minimum Gasteiger partial charge on any atom is -0.358 e. The monoisotopic (exact) mass is 293 g/mol. The molecule has 3 rings (SSSR count). The van der Waals surface area contributed by atoms with Crippen LogP contribution in [0.5, 0.6) is 0 Å². The number of thioether (sulfide) groups is 1. The Bertz CT molecular complexity index is 476. The van der Waals surface area contributed by atoms with Gasteiger partial charge in [-0.1, -0.05) is 31.0 Å². The van der Waals surface area contributed by atoms with E-state index in [9.17, 15) is 0 Å². The Labute approximate surface area is 124 Å². The molecule has 1 aromatic heterocycles. The zero-order valence-electron chi connectivity index (χ0n) is 12.1. The summed E-state index contributed by atoms with van der Waals surface area (Å²) in [5.74, 6) is 2.20. The van der Waals surface area contributed by atoms with Gasteiger partial charge in [-0.25, -0.2) is 0 Å². The van der Waals surface area contributed by atoms with Crippen molar-refractivity contribution < 1.29 is 0 Å². The maximum Gasteiger partial charge on any atom is 0.156 e. The Morgan fingerprint density at radius 3 is 2.90 bits per heavy atom.